The van der Waals surface area contributed by atoms with Gasteiger partial charge in [0.25, 0.3) is 5.89 Å². The molecule has 0 amide bonds. The predicted molar refractivity (Wildman–Crippen MR) is 78.1 cm³/mol. The van der Waals surface area contributed by atoms with Crippen LogP contribution in [0.15, 0.2) is 53.1 Å². The normalized spacial score (nSPS) is 10.7. The Morgan fingerprint density at radius 3 is 2.65 bits per heavy atom. The van der Waals surface area contributed by atoms with Crippen LogP contribution < -0.4 is 5.73 Å². The van der Waals surface area contributed by atoms with Gasteiger partial charge in [0.05, 0.1) is 0 Å². The van der Waals surface area contributed by atoms with Crippen molar-refractivity contribution < 1.29 is 4.52 Å². The molecule has 4 heteroatoms. The van der Waals surface area contributed by atoms with Gasteiger partial charge < -0.3 is 10.3 Å². The second-order valence-electron chi connectivity index (χ2n) is 4.70. The van der Waals surface area contributed by atoms with Crippen LogP contribution in [0.2, 0.25) is 0 Å². The fourth-order valence-corrected chi connectivity index (χ4v) is 2.10. The monoisotopic (exact) mass is 265 g/mol. The molecule has 0 aliphatic carbocycles. The molecule has 0 bridgehead atoms. The largest absolute Gasteiger partial charge is 0.398 e. The summed E-state index contributed by atoms with van der Waals surface area (Å²) in [6.45, 7) is 1.95. The lowest BCUT2D eigenvalue weighted by Gasteiger charge is -2.03. The Labute approximate surface area is 117 Å². The first-order valence-corrected chi connectivity index (χ1v) is 6.46. The van der Waals surface area contributed by atoms with Gasteiger partial charge in [-0.1, -0.05) is 41.6 Å². The van der Waals surface area contributed by atoms with Crippen LogP contribution in [0.4, 0.5) is 5.69 Å². The van der Waals surface area contributed by atoms with Crippen LogP contribution in [0, 0.1) is 6.92 Å². The Kier molecular flexibility index (Phi) is 3.21. The first-order valence-electron chi connectivity index (χ1n) is 6.46. The van der Waals surface area contributed by atoms with Gasteiger partial charge in [0.15, 0.2) is 5.82 Å². The smallest absolute Gasteiger partial charge is 0.258 e. The van der Waals surface area contributed by atoms with Gasteiger partial charge in [0.1, 0.15) is 0 Å². The van der Waals surface area contributed by atoms with Gasteiger partial charge in [0, 0.05) is 17.7 Å². The Morgan fingerprint density at radius 2 is 1.85 bits per heavy atom. The molecule has 0 spiro atoms. The summed E-state index contributed by atoms with van der Waals surface area (Å²) in [5.41, 5.74) is 9.63. The molecular formula is C16H15N3O. The van der Waals surface area contributed by atoms with Crippen molar-refractivity contribution in [1.29, 1.82) is 0 Å². The SMILES string of the molecule is Cc1c(N)cccc1-c1nc(Cc2ccccc2)no1. The quantitative estimate of drug-likeness (QED) is 0.738. The molecule has 3 aromatic rings. The molecule has 0 saturated carbocycles. The molecule has 2 N–H and O–H groups in total. The summed E-state index contributed by atoms with van der Waals surface area (Å²) >= 11 is 0. The van der Waals surface area contributed by atoms with Crippen LogP contribution in [0.1, 0.15) is 17.0 Å². The maximum atomic E-state index is 5.90. The van der Waals surface area contributed by atoms with E-state index >= 15 is 0 Å². The van der Waals surface area contributed by atoms with E-state index in [1.54, 1.807) is 0 Å². The van der Waals surface area contributed by atoms with Gasteiger partial charge in [-0.3, -0.25) is 0 Å². The average molecular weight is 265 g/mol. The maximum Gasteiger partial charge on any atom is 0.258 e. The Morgan fingerprint density at radius 1 is 1.05 bits per heavy atom. The minimum atomic E-state index is 0.515. The van der Waals surface area contributed by atoms with Gasteiger partial charge in [0.2, 0.25) is 0 Å². The molecule has 1 heterocycles. The van der Waals surface area contributed by atoms with Crippen LogP contribution in [-0.4, -0.2) is 10.1 Å². The number of aromatic nitrogens is 2. The molecule has 3 rings (SSSR count). The fourth-order valence-electron chi connectivity index (χ4n) is 2.10. The van der Waals surface area contributed by atoms with E-state index in [2.05, 4.69) is 10.1 Å². The number of nitrogens with zero attached hydrogens (tertiary/aromatic N) is 2. The molecule has 0 fully saturated rings. The summed E-state index contributed by atoms with van der Waals surface area (Å²) in [6.07, 6.45) is 0.658. The lowest BCUT2D eigenvalue weighted by molar-refractivity contribution is 0.423. The molecule has 0 atom stereocenters. The number of rotatable bonds is 3. The van der Waals surface area contributed by atoms with Gasteiger partial charge in [-0.25, -0.2) is 0 Å². The fraction of sp³-hybridized carbons (Fsp3) is 0.125. The van der Waals surface area contributed by atoms with Crippen molar-refractivity contribution in [3.8, 4) is 11.5 Å². The first kappa shape index (κ1) is 12.4. The van der Waals surface area contributed by atoms with Gasteiger partial charge in [-0.15, -0.1) is 0 Å². The van der Waals surface area contributed by atoms with Crippen molar-refractivity contribution in [2.45, 2.75) is 13.3 Å². The first-order chi connectivity index (χ1) is 9.74. The topological polar surface area (TPSA) is 64.9 Å². The van der Waals surface area contributed by atoms with Crippen molar-refractivity contribution >= 4 is 5.69 Å². The molecule has 1 aromatic heterocycles. The van der Waals surface area contributed by atoms with Crippen LogP contribution in [-0.2, 0) is 6.42 Å². The molecular weight excluding hydrogens is 250 g/mol. The summed E-state index contributed by atoms with van der Waals surface area (Å²) in [6, 6.07) is 15.8. The number of hydrogen-bond donors (Lipinski definition) is 1. The molecule has 0 radical (unpaired) electrons. The highest BCUT2D eigenvalue weighted by Gasteiger charge is 2.12. The zero-order valence-electron chi connectivity index (χ0n) is 11.2. The lowest BCUT2D eigenvalue weighted by atomic mass is 10.1. The highest BCUT2D eigenvalue weighted by atomic mass is 16.5. The molecule has 0 aliphatic rings. The summed E-state index contributed by atoms with van der Waals surface area (Å²) < 4.78 is 5.34. The molecule has 4 nitrogen and oxygen atoms in total. The van der Waals surface area contributed by atoms with Crippen LogP contribution in [0.3, 0.4) is 0 Å². The summed E-state index contributed by atoms with van der Waals surface area (Å²) in [7, 11) is 0. The third-order valence-electron chi connectivity index (χ3n) is 3.28. The number of nitrogens with two attached hydrogens (primary N) is 1. The highest BCUT2D eigenvalue weighted by Crippen LogP contribution is 2.25. The Bertz CT molecular complexity index is 720. The van der Waals surface area contributed by atoms with Crippen molar-refractivity contribution in [3.05, 3.63) is 65.5 Å². The van der Waals surface area contributed by atoms with E-state index in [0.29, 0.717) is 18.1 Å². The van der Waals surface area contributed by atoms with E-state index in [4.69, 9.17) is 10.3 Å². The van der Waals surface area contributed by atoms with E-state index in [1.165, 1.54) is 0 Å². The third-order valence-corrected chi connectivity index (χ3v) is 3.28. The number of benzene rings is 2. The molecule has 0 saturated heterocycles. The van der Waals surface area contributed by atoms with Gasteiger partial charge >= 0.3 is 0 Å². The molecule has 100 valence electrons. The standard InChI is InChI=1S/C16H15N3O/c1-11-13(8-5-9-14(11)17)16-18-15(19-20-16)10-12-6-3-2-4-7-12/h2-9H,10,17H2,1H3. The number of hydrogen-bond acceptors (Lipinski definition) is 4. The highest BCUT2D eigenvalue weighted by molar-refractivity contribution is 5.66. The van der Waals surface area contributed by atoms with Crippen LogP contribution in [0.5, 0.6) is 0 Å². The van der Waals surface area contributed by atoms with Gasteiger partial charge in [-0.05, 0) is 30.2 Å². The summed E-state index contributed by atoms with van der Waals surface area (Å²) in [4.78, 5) is 4.44. The Balaban J connectivity index is 1.89. The second kappa shape index (κ2) is 5.17. The van der Waals surface area contributed by atoms with E-state index in [1.807, 2.05) is 55.5 Å². The van der Waals surface area contributed by atoms with Crippen molar-refractivity contribution in [3.63, 3.8) is 0 Å². The minimum absolute atomic E-state index is 0.515. The summed E-state index contributed by atoms with van der Waals surface area (Å²) in [5.74, 6) is 1.19. The lowest BCUT2D eigenvalue weighted by Crippen LogP contribution is -1.93. The number of nitrogen functional groups attached to an aromatic ring is 1. The van der Waals surface area contributed by atoms with Crippen LogP contribution in [0.25, 0.3) is 11.5 Å². The second-order valence-corrected chi connectivity index (χ2v) is 4.70. The van der Waals surface area contributed by atoms with E-state index < -0.39 is 0 Å². The Hall–Kier alpha value is -2.62. The maximum absolute atomic E-state index is 5.90. The summed E-state index contributed by atoms with van der Waals surface area (Å²) in [5, 5.41) is 4.03. The van der Waals surface area contributed by atoms with E-state index in [-0.39, 0.29) is 0 Å². The zero-order valence-corrected chi connectivity index (χ0v) is 11.2. The van der Waals surface area contributed by atoms with Crippen molar-refractivity contribution in [1.82, 2.24) is 10.1 Å². The van der Waals surface area contributed by atoms with E-state index in [0.717, 1.165) is 22.4 Å². The number of anilines is 1. The van der Waals surface area contributed by atoms with Crippen molar-refractivity contribution in [2.24, 2.45) is 0 Å². The third kappa shape index (κ3) is 2.40. The zero-order chi connectivity index (χ0) is 13.9. The molecule has 0 unspecified atom stereocenters. The van der Waals surface area contributed by atoms with E-state index in [9.17, 15) is 0 Å². The molecule has 0 aliphatic heterocycles. The minimum Gasteiger partial charge on any atom is -0.398 e. The molecule has 20 heavy (non-hydrogen) atoms. The van der Waals surface area contributed by atoms with Crippen LogP contribution >= 0.6 is 0 Å². The average Bonchev–Trinajstić information content (AvgIpc) is 2.91. The molecule has 2 aromatic carbocycles. The van der Waals surface area contributed by atoms with Gasteiger partial charge in [-0.2, -0.15) is 4.98 Å². The van der Waals surface area contributed by atoms with Crippen molar-refractivity contribution in [2.75, 3.05) is 5.73 Å². The predicted octanol–water partition coefficient (Wildman–Crippen LogP) is 3.22.